The van der Waals surface area contributed by atoms with Gasteiger partial charge in [0, 0.05) is 44.1 Å². The summed E-state index contributed by atoms with van der Waals surface area (Å²) >= 11 is 0. The monoisotopic (exact) mass is 497 g/mol. The van der Waals surface area contributed by atoms with Crippen molar-refractivity contribution in [1.82, 2.24) is 19.4 Å². The Balaban J connectivity index is 1.46. The van der Waals surface area contributed by atoms with Crippen LogP contribution in [0.15, 0.2) is 71.9 Å². The molecular formula is C25H31N5O4S. The molecule has 186 valence electrons. The molecule has 0 unspecified atom stereocenters. The molecule has 0 aliphatic heterocycles. The molecular weight excluding hydrogens is 466 g/mol. The van der Waals surface area contributed by atoms with Gasteiger partial charge in [-0.1, -0.05) is 38.1 Å². The van der Waals surface area contributed by atoms with Crippen molar-refractivity contribution in [3.8, 4) is 0 Å². The molecule has 0 saturated carbocycles. The molecule has 0 spiro atoms. The van der Waals surface area contributed by atoms with Gasteiger partial charge in [0.1, 0.15) is 6.54 Å². The molecule has 2 aromatic carbocycles. The summed E-state index contributed by atoms with van der Waals surface area (Å²) < 4.78 is 28.1. The number of anilines is 1. The Labute approximate surface area is 206 Å². The Morgan fingerprint density at radius 3 is 2.37 bits per heavy atom. The zero-order valence-electron chi connectivity index (χ0n) is 20.0. The van der Waals surface area contributed by atoms with Crippen LogP contribution in [0.5, 0.6) is 0 Å². The van der Waals surface area contributed by atoms with Crippen molar-refractivity contribution >= 4 is 27.5 Å². The topological polar surface area (TPSA) is 113 Å². The lowest BCUT2D eigenvalue weighted by atomic mass is 10.1. The highest BCUT2D eigenvalue weighted by Gasteiger charge is 2.21. The minimum atomic E-state index is -3.49. The molecule has 0 saturated heterocycles. The van der Waals surface area contributed by atoms with Gasteiger partial charge in [-0.2, -0.15) is 9.40 Å². The molecule has 0 bridgehead atoms. The highest BCUT2D eigenvalue weighted by atomic mass is 32.2. The van der Waals surface area contributed by atoms with Crippen molar-refractivity contribution in [2.75, 3.05) is 18.4 Å². The van der Waals surface area contributed by atoms with Gasteiger partial charge in [-0.05, 0) is 47.9 Å². The quantitative estimate of drug-likeness (QED) is 0.400. The summed E-state index contributed by atoms with van der Waals surface area (Å²) in [6.07, 6.45) is 4.11. The first-order chi connectivity index (χ1) is 16.8. The third kappa shape index (κ3) is 7.49. The number of hydrogen-bond acceptors (Lipinski definition) is 5. The fourth-order valence-corrected chi connectivity index (χ4v) is 5.05. The van der Waals surface area contributed by atoms with Gasteiger partial charge in [0.15, 0.2) is 0 Å². The van der Waals surface area contributed by atoms with E-state index < -0.39 is 10.0 Å². The molecule has 35 heavy (non-hydrogen) atoms. The van der Waals surface area contributed by atoms with Gasteiger partial charge in [0.2, 0.25) is 21.8 Å². The molecule has 3 rings (SSSR count). The summed E-state index contributed by atoms with van der Waals surface area (Å²) in [5, 5.41) is 9.72. The van der Waals surface area contributed by atoms with Gasteiger partial charge in [-0.3, -0.25) is 14.3 Å². The minimum absolute atomic E-state index is 0.113. The van der Waals surface area contributed by atoms with E-state index in [0.29, 0.717) is 31.7 Å². The second-order valence-electron chi connectivity index (χ2n) is 7.96. The molecule has 1 heterocycles. The highest BCUT2D eigenvalue weighted by Crippen LogP contribution is 2.17. The van der Waals surface area contributed by atoms with Gasteiger partial charge in [0.05, 0.1) is 4.90 Å². The molecule has 0 fully saturated rings. The molecule has 0 atom stereocenters. The maximum Gasteiger partial charge on any atom is 0.246 e. The number of rotatable bonds is 12. The van der Waals surface area contributed by atoms with Crippen LogP contribution in [0.1, 0.15) is 31.4 Å². The van der Waals surface area contributed by atoms with E-state index >= 15 is 0 Å². The third-order valence-electron chi connectivity index (χ3n) is 5.47. The summed E-state index contributed by atoms with van der Waals surface area (Å²) in [7, 11) is -3.49. The van der Waals surface area contributed by atoms with Crippen LogP contribution in [-0.4, -0.2) is 47.4 Å². The first-order valence-corrected chi connectivity index (χ1v) is 13.0. The predicted molar refractivity (Wildman–Crippen MR) is 134 cm³/mol. The number of carbonyl (C=O) groups is 2. The minimum Gasteiger partial charge on any atom is -0.352 e. The number of aryl methyl sites for hydroxylation is 1. The smallest absolute Gasteiger partial charge is 0.246 e. The number of benzene rings is 2. The van der Waals surface area contributed by atoms with Crippen LogP contribution in [0.25, 0.3) is 0 Å². The predicted octanol–water partition coefficient (Wildman–Crippen LogP) is 2.80. The molecule has 3 aromatic rings. The van der Waals surface area contributed by atoms with Gasteiger partial charge >= 0.3 is 0 Å². The van der Waals surface area contributed by atoms with E-state index in [2.05, 4.69) is 15.7 Å². The number of carbonyl (C=O) groups excluding carboxylic acids is 2. The number of amides is 2. The van der Waals surface area contributed by atoms with E-state index in [1.165, 1.54) is 8.99 Å². The molecule has 1 aromatic heterocycles. The van der Waals surface area contributed by atoms with E-state index in [9.17, 15) is 18.0 Å². The molecule has 9 nitrogen and oxygen atoms in total. The Morgan fingerprint density at radius 1 is 0.971 bits per heavy atom. The Morgan fingerprint density at radius 2 is 1.71 bits per heavy atom. The van der Waals surface area contributed by atoms with Crippen LogP contribution in [0.3, 0.4) is 0 Å². The van der Waals surface area contributed by atoms with Crippen molar-refractivity contribution in [2.24, 2.45) is 0 Å². The summed E-state index contributed by atoms with van der Waals surface area (Å²) in [6, 6.07) is 15.7. The molecule has 0 aliphatic rings. The highest BCUT2D eigenvalue weighted by molar-refractivity contribution is 7.89. The standard InChI is InChI=1S/C25H31N5O4S/c1-3-30(4-2)35(33,34)23-12-9-20(10-13-23)11-14-24(31)26-18-21-7-5-8-22(17-21)28-25(32)19-29-16-6-15-27-29/h5-10,12-13,15-17H,3-4,11,14,18-19H2,1-2H3,(H,26,31)(H,28,32). The summed E-state index contributed by atoms with van der Waals surface area (Å²) in [5.41, 5.74) is 2.40. The van der Waals surface area contributed by atoms with E-state index in [1.54, 1.807) is 48.8 Å². The van der Waals surface area contributed by atoms with Crippen LogP contribution in [0.2, 0.25) is 0 Å². The van der Waals surface area contributed by atoms with Crippen molar-refractivity contribution < 1.29 is 18.0 Å². The second kappa shape index (κ2) is 12.3. The lowest BCUT2D eigenvalue weighted by Gasteiger charge is -2.18. The lowest BCUT2D eigenvalue weighted by Crippen LogP contribution is -2.30. The summed E-state index contributed by atoms with van der Waals surface area (Å²) in [6.45, 7) is 4.91. The molecule has 2 amide bonds. The molecule has 2 N–H and O–H groups in total. The van der Waals surface area contributed by atoms with Gasteiger partial charge in [-0.15, -0.1) is 0 Å². The van der Waals surface area contributed by atoms with E-state index in [-0.39, 0.29) is 29.7 Å². The van der Waals surface area contributed by atoms with Crippen LogP contribution >= 0.6 is 0 Å². The Bertz CT molecular complexity index is 1220. The fourth-order valence-electron chi connectivity index (χ4n) is 3.59. The Hall–Kier alpha value is -3.50. The van der Waals surface area contributed by atoms with Gasteiger partial charge in [-0.25, -0.2) is 8.42 Å². The largest absolute Gasteiger partial charge is 0.352 e. The van der Waals surface area contributed by atoms with Crippen molar-refractivity contribution in [3.05, 3.63) is 78.1 Å². The zero-order chi connectivity index (χ0) is 25.3. The second-order valence-corrected chi connectivity index (χ2v) is 9.90. The summed E-state index contributed by atoms with van der Waals surface area (Å²) in [5.74, 6) is -0.302. The number of nitrogens with one attached hydrogen (secondary N) is 2. The van der Waals surface area contributed by atoms with Crippen LogP contribution in [0, 0.1) is 0 Å². The molecule has 10 heteroatoms. The zero-order valence-corrected chi connectivity index (χ0v) is 20.8. The van der Waals surface area contributed by atoms with Crippen molar-refractivity contribution in [1.29, 1.82) is 0 Å². The molecule has 0 radical (unpaired) electrons. The average molecular weight is 498 g/mol. The maximum absolute atomic E-state index is 12.6. The van der Waals surface area contributed by atoms with E-state index in [0.717, 1.165) is 11.1 Å². The van der Waals surface area contributed by atoms with Crippen molar-refractivity contribution in [2.45, 2.75) is 44.7 Å². The van der Waals surface area contributed by atoms with E-state index in [4.69, 9.17) is 0 Å². The Kier molecular flexibility index (Phi) is 9.16. The number of sulfonamides is 1. The number of nitrogens with zero attached hydrogens (tertiary/aromatic N) is 3. The first kappa shape index (κ1) is 26.1. The van der Waals surface area contributed by atoms with Crippen molar-refractivity contribution in [3.63, 3.8) is 0 Å². The summed E-state index contributed by atoms with van der Waals surface area (Å²) in [4.78, 5) is 24.7. The fraction of sp³-hybridized carbons (Fsp3) is 0.320. The molecule has 0 aliphatic carbocycles. The third-order valence-corrected chi connectivity index (χ3v) is 7.54. The SMILES string of the molecule is CCN(CC)S(=O)(=O)c1ccc(CCC(=O)NCc2cccc(NC(=O)Cn3cccn3)c2)cc1. The van der Waals surface area contributed by atoms with Gasteiger partial charge < -0.3 is 10.6 Å². The number of aromatic nitrogens is 2. The van der Waals surface area contributed by atoms with E-state index in [1.807, 2.05) is 32.0 Å². The normalized spacial score (nSPS) is 11.4. The van der Waals surface area contributed by atoms with Crippen LogP contribution < -0.4 is 10.6 Å². The lowest BCUT2D eigenvalue weighted by molar-refractivity contribution is -0.121. The van der Waals surface area contributed by atoms with Crippen LogP contribution in [-0.2, 0) is 39.1 Å². The average Bonchev–Trinajstić information content (AvgIpc) is 3.35. The maximum atomic E-state index is 12.6. The van der Waals surface area contributed by atoms with Gasteiger partial charge in [0.25, 0.3) is 0 Å². The number of hydrogen-bond donors (Lipinski definition) is 2. The first-order valence-electron chi connectivity index (χ1n) is 11.5. The van der Waals surface area contributed by atoms with Crippen LogP contribution in [0.4, 0.5) is 5.69 Å².